The number of aromatic nitrogens is 2. The summed E-state index contributed by atoms with van der Waals surface area (Å²) in [6.45, 7) is 3.82. The van der Waals surface area contributed by atoms with Crippen molar-refractivity contribution in [1.29, 1.82) is 0 Å². The minimum Gasteiger partial charge on any atom is -0.394 e. The standard InChI is InChI=1S/C25H27F3N4OS/c1-15-8-16-2-3-17(10-18(16)9-15)22(13-33)32-6-4-19(5-7-32)31-23-21-11-20(12-25(26,27)28)34-24(21)30-14-29-23/h2-3,9-11,14,19,22,33H,4-8,12-13H2,1H3,(H,29,30,31). The van der Waals surface area contributed by atoms with Gasteiger partial charge in [-0.25, -0.2) is 9.97 Å². The second kappa shape index (κ2) is 9.28. The van der Waals surface area contributed by atoms with Crippen LogP contribution in [0.1, 0.15) is 47.4 Å². The van der Waals surface area contributed by atoms with Gasteiger partial charge in [-0.05, 0) is 55.0 Å². The molecule has 0 amide bonds. The molecule has 0 saturated carbocycles. The summed E-state index contributed by atoms with van der Waals surface area (Å²) in [7, 11) is 0. The van der Waals surface area contributed by atoms with Gasteiger partial charge in [0.05, 0.1) is 24.5 Å². The second-order valence-electron chi connectivity index (χ2n) is 9.22. The molecule has 1 fully saturated rings. The maximum atomic E-state index is 12.8. The number of nitrogens with zero attached hydrogens (tertiary/aromatic N) is 3. The van der Waals surface area contributed by atoms with Crippen LogP contribution in [0.2, 0.25) is 0 Å². The lowest BCUT2D eigenvalue weighted by molar-refractivity contribution is -0.126. The molecule has 5 nitrogen and oxygen atoms in total. The molecule has 1 unspecified atom stereocenters. The highest BCUT2D eigenvalue weighted by atomic mass is 32.1. The van der Waals surface area contributed by atoms with Crippen LogP contribution in [-0.2, 0) is 12.8 Å². The number of rotatable bonds is 6. The fourth-order valence-electron chi connectivity index (χ4n) is 5.02. The van der Waals surface area contributed by atoms with E-state index in [2.05, 4.69) is 51.4 Å². The summed E-state index contributed by atoms with van der Waals surface area (Å²) < 4.78 is 38.4. The molecule has 180 valence electrons. The first kappa shape index (κ1) is 23.3. The number of fused-ring (bicyclic) bond motifs is 2. The molecule has 2 aliphatic rings. The largest absolute Gasteiger partial charge is 0.394 e. The van der Waals surface area contributed by atoms with E-state index in [1.54, 1.807) is 6.07 Å². The summed E-state index contributed by atoms with van der Waals surface area (Å²) in [5.41, 5.74) is 5.07. The Kier molecular flexibility index (Phi) is 6.35. The SMILES string of the molecule is CC1=Cc2cc(C(CO)N3CCC(Nc4ncnc5sc(CC(F)(F)F)cc45)CC3)ccc2C1. The Morgan fingerprint density at radius 3 is 2.74 bits per heavy atom. The first-order chi connectivity index (χ1) is 16.3. The Labute approximate surface area is 200 Å². The zero-order chi connectivity index (χ0) is 23.9. The monoisotopic (exact) mass is 488 g/mol. The van der Waals surface area contributed by atoms with Gasteiger partial charge < -0.3 is 10.4 Å². The summed E-state index contributed by atoms with van der Waals surface area (Å²) in [4.78, 5) is 11.6. The van der Waals surface area contributed by atoms with Gasteiger partial charge in [0.1, 0.15) is 17.0 Å². The van der Waals surface area contributed by atoms with E-state index in [1.165, 1.54) is 23.0 Å². The van der Waals surface area contributed by atoms with E-state index < -0.39 is 12.6 Å². The van der Waals surface area contributed by atoms with Crippen LogP contribution in [0.3, 0.4) is 0 Å². The quantitative estimate of drug-likeness (QED) is 0.489. The zero-order valence-electron chi connectivity index (χ0n) is 18.9. The van der Waals surface area contributed by atoms with Crippen LogP contribution in [-0.4, -0.2) is 51.9 Å². The van der Waals surface area contributed by atoms with Crippen molar-refractivity contribution in [3.8, 4) is 0 Å². The van der Waals surface area contributed by atoms with E-state index in [0.29, 0.717) is 16.0 Å². The number of halogens is 3. The summed E-state index contributed by atoms with van der Waals surface area (Å²) in [5.74, 6) is 0.590. The third-order valence-electron chi connectivity index (χ3n) is 6.67. The number of nitrogens with one attached hydrogen (secondary N) is 1. The maximum absolute atomic E-state index is 12.8. The van der Waals surface area contributed by atoms with Gasteiger partial charge >= 0.3 is 6.18 Å². The average Bonchev–Trinajstić information content (AvgIpc) is 3.36. The fraction of sp³-hybridized carbons (Fsp3) is 0.440. The molecule has 34 heavy (non-hydrogen) atoms. The van der Waals surface area contributed by atoms with Crippen molar-refractivity contribution in [2.45, 2.75) is 50.9 Å². The summed E-state index contributed by atoms with van der Waals surface area (Å²) in [6.07, 6.45) is 1.12. The Bertz CT molecular complexity index is 1210. The predicted octanol–water partition coefficient (Wildman–Crippen LogP) is 5.37. The van der Waals surface area contributed by atoms with Gasteiger partial charge in [0.2, 0.25) is 0 Å². The molecule has 0 spiro atoms. The van der Waals surface area contributed by atoms with E-state index in [9.17, 15) is 18.3 Å². The van der Waals surface area contributed by atoms with E-state index in [0.717, 1.165) is 49.3 Å². The molecule has 1 saturated heterocycles. The molecule has 1 aliphatic heterocycles. The molecular formula is C25H27F3N4OS. The normalized spacial score (nSPS) is 18.2. The van der Waals surface area contributed by atoms with Gasteiger partial charge in [-0.15, -0.1) is 11.3 Å². The number of allylic oxidation sites excluding steroid dienone is 1. The van der Waals surface area contributed by atoms with Crippen molar-refractivity contribution in [3.05, 3.63) is 57.7 Å². The van der Waals surface area contributed by atoms with Crippen LogP contribution in [0.5, 0.6) is 0 Å². The first-order valence-electron chi connectivity index (χ1n) is 11.5. The number of hydrogen-bond acceptors (Lipinski definition) is 6. The smallest absolute Gasteiger partial charge is 0.393 e. The molecule has 2 aromatic heterocycles. The van der Waals surface area contributed by atoms with Crippen LogP contribution in [0.4, 0.5) is 19.0 Å². The van der Waals surface area contributed by atoms with E-state index in [1.807, 2.05) is 0 Å². The molecule has 5 rings (SSSR count). The molecule has 3 aromatic rings. The van der Waals surface area contributed by atoms with Crippen LogP contribution in [0.25, 0.3) is 16.3 Å². The van der Waals surface area contributed by atoms with Gasteiger partial charge in [0.15, 0.2) is 0 Å². The number of piperidine rings is 1. The van der Waals surface area contributed by atoms with Crippen molar-refractivity contribution < 1.29 is 18.3 Å². The van der Waals surface area contributed by atoms with Crippen molar-refractivity contribution in [3.63, 3.8) is 0 Å². The Morgan fingerprint density at radius 1 is 1.21 bits per heavy atom. The molecule has 3 heterocycles. The van der Waals surface area contributed by atoms with Gasteiger partial charge in [0.25, 0.3) is 0 Å². The topological polar surface area (TPSA) is 61.3 Å². The van der Waals surface area contributed by atoms with Crippen LogP contribution >= 0.6 is 11.3 Å². The molecule has 2 N–H and O–H groups in total. The van der Waals surface area contributed by atoms with Gasteiger partial charge in [-0.3, -0.25) is 4.90 Å². The third-order valence-corrected chi connectivity index (χ3v) is 7.71. The highest BCUT2D eigenvalue weighted by molar-refractivity contribution is 7.18. The molecule has 1 aromatic carbocycles. The van der Waals surface area contributed by atoms with Crippen LogP contribution < -0.4 is 5.32 Å². The van der Waals surface area contributed by atoms with Crippen molar-refractivity contribution in [2.75, 3.05) is 25.0 Å². The lowest BCUT2D eigenvalue weighted by Crippen LogP contribution is -2.42. The molecular weight excluding hydrogens is 461 g/mol. The van der Waals surface area contributed by atoms with Gasteiger partial charge in [-0.2, -0.15) is 13.2 Å². The minimum atomic E-state index is -4.24. The number of aliphatic hydroxyl groups is 1. The molecule has 1 aliphatic carbocycles. The number of benzene rings is 1. The minimum absolute atomic E-state index is 0.0480. The molecule has 1 atom stereocenters. The van der Waals surface area contributed by atoms with Gasteiger partial charge in [-0.1, -0.05) is 23.8 Å². The lowest BCUT2D eigenvalue weighted by Gasteiger charge is -2.37. The van der Waals surface area contributed by atoms with Crippen LogP contribution in [0.15, 0.2) is 36.2 Å². The summed E-state index contributed by atoms with van der Waals surface area (Å²) in [5, 5.41) is 14.2. The predicted molar refractivity (Wildman–Crippen MR) is 129 cm³/mol. The zero-order valence-corrected chi connectivity index (χ0v) is 19.7. The number of alkyl halides is 3. The van der Waals surface area contributed by atoms with Crippen molar-refractivity contribution in [2.24, 2.45) is 0 Å². The number of likely N-dealkylation sites (tertiary alicyclic amines) is 1. The van der Waals surface area contributed by atoms with Crippen LogP contribution in [0, 0.1) is 0 Å². The molecule has 9 heteroatoms. The maximum Gasteiger partial charge on any atom is 0.393 e. The molecule has 0 radical (unpaired) electrons. The number of hydrogen-bond donors (Lipinski definition) is 2. The summed E-state index contributed by atoms with van der Waals surface area (Å²) in [6, 6.07) is 8.16. The Balaban J connectivity index is 1.25. The van der Waals surface area contributed by atoms with Crippen molar-refractivity contribution in [1.82, 2.24) is 14.9 Å². The van der Waals surface area contributed by atoms with E-state index >= 15 is 0 Å². The highest BCUT2D eigenvalue weighted by Gasteiger charge is 2.30. The summed E-state index contributed by atoms with van der Waals surface area (Å²) >= 11 is 1.06. The third kappa shape index (κ3) is 4.96. The lowest BCUT2D eigenvalue weighted by atomic mass is 9.97. The van der Waals surface area contributed by atoms with E-state index in [-0.39, 0.29) is 23.6 Å². The number of thiophene rings is 1. The van der Waals surface area contributed by atoms with Gasteiger partial charge in [0, 0.05) is 24.0 Å². The van der Waals surface area contributed by atoms with E-state index in [4.69, 9.17) is 0 Å². The first-order valence-corrected chi connectivity index (χ1v) is 12.3. The Hall–Kier alpha value is -2.49. The number of aliphatic hydroxyl groups excluding tert-OH is 1. The average molecular weight is 489 g/mol. The van der Waals surface area contributed by atoms with Crippen molar-refractivity contribution >= 4 is 33.4 Å². The second-order valence-corrected chi connectivity index (χ2v) is 10.3. The Morgan fingerprint density at radius 2 is 2.00 bits per heavy atom. The fourth-order valence-corrected chi connectivity index (χ4v) is 6.04. The molecule has 0 bridgehead atoms. The highest BCUT2D eigenvalue weighted by Crippen LogP contribution is 2.34. The number of anilines is 1.